The van der Waals surface area contributed by atoms with Gasteiger partial charge >= 0.3 is 6.03 Å². The number of aryl methyl sites for hydroxylation is 1. The Balaban J connectivity index is 1.75. The SMILES string of the molecule is COc1ccc2c(c1)[C@]1(SC(C)(C)CN1C(=O)Nc1ccc(C)cc1)C(=O)N2. The maximum Gasteiger partial charge on any atom is 0.323 e. The molecule has 28 heavy (non-hydrogen) atoms. The molecule has 0 aromatic heterocycles. The van der Waals surface area contributed by atoms with Crippen LogP contribution in [0.1, 0.15) is 25.0 Å². The fraction of sp³-hybridized carbons (Fsp3) is 0.333. The number of thioether (sulfide) groups is 1. The van der Waals surface area contributed by atoms with Crippen molar-refractivity contribution in [3.8, 4) is 5.75 Å². The van der Waals surface area contributed by atoms with Gasteiger partial charge in [-0.1, -0.05) is 17.7 Å². The monoisotopic (exact) mass is 397 g/mol. The van der Waals surface area contributed by atoms with Gasteiger partial charge in [0.2, 0.25) is 0 Å². The first-order chi connectivity index (χ1) is 13.2. The molecule has 2 aromatic carbocycles. The number of nitrogens with zero attached hydrogens (tertiary/aromatic N) is 1. The van der Waals surface area contributed by atoms with Gasteiger partial charge in [-0.3, -0.25) is 9.69 Å². The summed E-state index contributed by atoms with van der Waals surface area (Å²) in [5.74, 6) is 0.448. The van der Waals surface area contributed by atoms with Crippen molar-refractivity contribution in [2.45, 2.75) is 30.4 Å². The molecule has 0 radical (unpaired) electrons. The molecule has 146 valence electrons. The third-order valence-corrected chi connectivity index (χ3v) is 6.64. The highest BCUT2D eigenvalue weighted by molar-refractivity contribution is 8.02. The summed E-state index contributed by atoms with van der Waals surface area (Å²) in [5.41, 5.74) is 3.28. The maximum atomic E-state index is 13.2. The van der Waals surface area contributed by atoms with E-state index < -0.39 is 4.87 Å². The van der Waals surface area contributed by atoms with Crippen molar-refractivity contribution >= 4 is 35.1 Å². The van der Waals surface area contributed by atoms with E-state index in [4.69, 9.17) is 4.74 Å². The second-order valence-electron chi connectivity index (χ2n) is 7.75. The lowest BCUT2D eigenvalue weighted by Gasteiger charge is -2.32. The predicted molar refractivity (Wildman–Crippen MR) is 112 cm³/mol. The van der Waals surface area contributed by atoms with Gasteiger partial charge in [0.1, 0.15) is 5.75 Å². The minimum absolute atomic E-state index is 0.203. The largest absolute Gasteiger partial charge is 0.497 e. The zero-order valence-electron chi connectivity index (χ0n) is 16.3. The van der Waals surface area contributed by atoms with Crippen molar-refractivity contribution in [1.82, 2.24) is 4.90 Å². The summed E-state index contributed by atoms with van der Waals surface area (Å²) in [6.45, 7) is 6.53. The van der Waals surface area contributed by atoms with E-state index in [2.05, 4.69) is 10.6 Å². The Hall–Kier alpha value is -2.67. The van der Waals surface area contributed by atoms with Crippen LogP contribution in [0.3, 0.4) is 0 Å². The predicted octanol–water partition coefficient (Wildman–Crippen LogP) is 4.17. The molecule has 1 spiro atoms. The Labute approximate surface area is 168 Å². The molecule has 3 amide bonds. The van der Waals surface area contributed by atoms with Crippen LogP contribution in [-0.4, -0.2) is 35.2 Å². The minimum Gasteiger partial charge on any atom is -0.497 e. The molecular weight excluding hydrogens is 374 g/mol. The smallest absolute Gasteiger partial charge is 0.323 e. The number of nitrogens with one attached hydrogen (secondary N) is 2. The van der Waals surface area contributed by atoms with Crippen LogP contribution in [0, 0.1) is 6.92 Å². The normalized spacial score (nSPS) is 22.1. The molecule has 0 bridgehead atoms. The van der Waals surface area contributed by atoms with E-state index in [-0.39, 0.29) is 16.7 Å². The van der Waals surface area contributed by atoms with Crippen molar-refractivity contribution < 1.29 is 14.3 Å². The lowest BCUT2D eigenvalue weighted by atomic mass is 10.0. The number of anilines is 2. The van der Waals surface area contributed by atoms with E-state index in [0.29, 0.717) is 23.7 Å². The fourth-order valence-electron chi connectivity index (χ4n) is 3.76. The van der Waals surface area contributed by atoms with Gasteiger partial charge in [-0.15, -0.1) is 11.8 Å². The van der Waals surface area contributed by atoms with Crippen LogP contribution in [0.15, 0.2) is 42.5 Å². The van der Waals surface area contributed by atoms with E-state index in [1.54, 1.807) is 18.1 Å². The summed E-state index contributed by atoms with van der Waals surface area (Å²) in [6.07, 6.45) is 0. The minimum atomic E-state index is -1.12. The van der Waals surface area contributed by atoms with Crippen molar-refractivity contribution in [1.29, 1.82) is 0 Å². The van der Waals surface area contributed by atoms with Crippen molar-refractivity contribution in [2.75, 3.05) is 24.3 Å². The number of benzene rings is 2. The molecule has 0 saturated carbocycles. The zero-order valence-corrected chi connectivity index (χ0v) is 17.1. The molecule has 1 fully saturated rings. The number of carbonyl (C=O) groups excluding carboxylic acids is 2. The Kier molecular flexibility index (Phi) is 4.30. The molecule has 1 atom stereocenters. The fourth-order valence-corrected chi connectivity index (χ4v) is 5.43. The van der Waals surface area contributed by atoms with Crippen molar-refractivity contribution in [2.24, 2.45) is 0 Å². The Bertz CT molecular complexity index is 958. The van der Waals surface area contributed by atoms with Gasteiger partial charge in [-0.2, -0.15) is 0 Å². The molecule has 2 aliphatic rings. The number of methoxy groups -OCH3 is 1. The third-order valence-electron chi connectivity index (χ3n) is 5.04. The number of hydrogen-bond acceptors (Lipinski definition) is 4. The van der Waals surface area contributed by atoms with E-state index in [9.17, 15) is 9.59 Å². The lowest BCUT2D eigenvalue weighted by Crippen LogP contribution is -2.49. The number of fused-ring (bicyclic) bond motifs is 2. The van der Waals surface area contributed by atoms with Gasteiger partial charge in [0.05, 0.1) is 7.11 Å². The van der Waals surface area contributed by atoms with Crippen LogP contribution in [0.4, 0.5) is 16.2 Å². The summed E-state index contributed by atoms with van der Waals surface area (Å²) in [4.78, 5) is 26.9. The van der Waals surface area contributed by atoms with Crippen LogP contribution in [0.25, 0.3) is 0 Å². The first kappa shape index (κ1) is 18.7. The summed E-state index contributed by atoms with van der Waals surface area (Å²) in [7, 11) is 1.59. The van der Waals surface area contributed by atoms with Crippen LogP contribution in [0.2, 0.25) is 0 Å². The standard InChI is InChI=1S/C21H23N3O3S/c1-13-5-7-14(8-6-13)22-19(26)24-12-20(2,3)28-21(24)16-11-15(27-4)9-10-17(16)23-18(21)25/h5-11H,12H2,1-4H3,(H,22,26)(H,23,25)/t21-/m0/s1. The highest BCUT2D eigenvalue weighted by atomic mass is 32.2. The zero-order chi connectivity index (χ0) is 20.1. The van der Waals surface area contributed by atoms with Gasteiger partial charge in [-0.05, 0) is 51.1 Å². The summed E-state index contributed by atoms with van der Waals surface area (Å²) in [6, 6.07) is 12.8. The molecule has 7 heteroatoms. The Morgan fingerprint density at radius 1 is 1.21 bits per heavy atom. The topological polar surface area (TPSA) is 70.7 Å². The van der Waals surface area contributed by atoms with Crippen molar-refractivity contribution in [3.63, 3.8) is 0 Å². The maximum absolute atomic E-state index is 13.2. The highest BCUT2D eigenvalue weighted by Crippen LogP contribution is 2.58. The van der Waals surface area contributed by atoms with E-state index in [1.165, 1.54) is 11.8 Å². The molecule has 0 aliphatic carbocycles. The molecular formula is C21H23N3O3S. The van der Waals surface area contributed by atoms with Gasteiger partial charge in [0, 0.05) is 28.2 Å². The van der Waals surface area contributed by atoms with Crippen LogP contribution < -0.4 is 15.4 Å². The molecule has 2 heterocycles. The average molecular weight is 398 g/mol. The molecule has 6 nitrogen and oxygen atoms in total. The van der Waals surface area contributed by atoms with Gasteiger partial charge in [-0.25, -0.2) is 4.79 Å². The Morgan fingerprint density at radius 2 is 1.93 bits per heavy atom. The molecule has 2 aliphatic heterocycles. The second kappa shape index (κ2) is 6.44. The van der Waals surface area contributed by atoms with E-state index in [0.717, 1.165) is 11.1 Å². The number of rotatable bonds is 2. The molecule has 4 rings (SSSR count). The van der Waals surface area contributed by atoms with Crippen LogP contribution in [-0.2, 0) is 9.67 Å². The summed E-state index contributed by atoms with van der Waals surface area (Å²) >= 11 is 1.49. The molecule has 0 unspecified atom stereocenters. The summed E-state index contributed by atoms with van der Waals surface area (Å²) < 4.78 is 5.08. The molecule has 1 saturated heterocycles. The van der Waals surface area contributed by atoms with E-state index in [1.807, 2.05) is 57.2 Å². The first-order valence-corrected chi connectivity index (χ1v) is 9.92. The number of amides is 3. The van der Waals surface area contributed by atoms with Gasteiger partial charge in [0.15, 0.2) is 4.87 Å². The van der Waals surface area contributed by atoms with Crippen LogP contribution >= 0.6 is 11.8 Å². The van der Waals surface area contributed by atoms with Crippen molar-refractivity contribution in [3.05, 3.63) is 53.6 Å². The number of carbonyl (C=O) groups is 2. The average Bonchev–Trinajstić information content (AvgIpc) is 3.10. The van der Waals surface area contributed by atoms with Gasteiger partial charge < -0.3 is 15.4 Å². The number of urea groups is 1. The third kappa shape index (κ3) is 2.90. The quantitative estimate of drug-likeness (QED) is 0.798. The lowest BCUT2D eigenvalue weighted by molar-refractivity contribution is -0.121. The molecule has 2 N–H and O–H groups in total. The first-order valence-electron chi connectivity index (χ1n) is 9.11. The van der Waals surface area contributed by atoms with E-state index >= 15 is 0 Å². The number of hydrogen-bond donors (Lipinski definition) is 2. The summed E-state index contributed by atoms with van der Waals surface area (Å²) in [5, 5.41) is 5.88. The number of ether oxygens (including phenoxy) is 1. The van der Waals surface area contributed by atoms with Gasteiger partial charge in [0.25, 0.3) is 5.91 Å². The highest BCUT2D eigenvalue weighted by Gasteiger charge is 2.61. The Morgan fingerprint density at radius 3 is 2.61 bits per heavy atom. The molecule has 2 aromatic rings. The second-order valence-corrected chi connectivity index (χ2v) is 9.65. The van der Waals surface area contributed by atoms with Crippen LogP contribution in [0.5, 0.6) is 5.75 Å².